The fourth-order valence-electron chi connectivity index (χ4n) is 3.86. The summed E-state index contributed by atoms with van der Waals surface area (Å²) in [5.41, 5.74) is 1.75. The minimum atomic E-state index is 0.0914. The van der Waals surface area contributed by atoms with Crippen LogP contribution in [0, 0.1) is 0 Å². The van der Waals surface area contributed by atoms with Gasteiger partial charge >= 0.3 is 0 Å². The van der Waals surface area contributed by atoms with Crippen LogP contribution in [0.2, 0.25) is 0 Å². The number of hydrogen-bond acceptors (Lipinski definition) is 5. The Hall–Kier alpha value is -2.93. The molecule has 28 heavy (non-hydrogen) atoms. The lowest BCUT2D eigenvalue weighted by Crippen LogP contribution is -2.49. The number of thiophene rings is 1. The molecule has 0 unspecified atom stereocenters. The Balaban J connectivity index is 1.35. The van der Waals surface area contributed by atoms with Gasteiger partial charge in [-0.2, -0.15) is 0 Å². The van der Waals surface area contributed by atoms with Gasteiger partial charge in [0.15, 0.2) is 0 Å². The molecular weight excluding hydrogens is 370 g/mol. The number of para-hydroxylation sites is 1. The van der Waals surface area contributed by atoms with Crippen LogP contribution in [0.25, 0.3) is 21.1 Å². The summed E-state index contributed by atoms with van der Waals surface area (Å²) >= 11 is 1.73. The van der Waals surface area contributed by atoms with Crippen LogP contribution in [0.4, 0.5) is 5.82 Å². The first kappa shape index (κ1) is 17.2. The number of benzene rings is 1. The minimum absolute atomic E-state index is 0.0914. The molecule has 3 aromatic heterocycles. The fraction of sp³-hybridized carbons (Fsp3) is 0.286. The van der Waals surface area contributed by atoms with Crippen LogP contribution in [0.15, 0.2) is 42.9 Å². The number of nitrogens with one attached hydrogen (secondary N) is 1. The van der Waals surface area contributed by atoms with E-state index in [0.29, 0.717) is 13.1 Å². The van der Waals surface area contributed by atoms with E-state index in [1.807, 2.05) is 35.4 Å². The Morgan fingerprint density at radius 3 is 2.79 bits per heavy atom. The number of anilines is 1. The molecule has 0 aliphatic carbocycles. The molecule has 1 aromatic carbocycles. The van der Waals surface area contributed by atoms with Crippen LogP contribution >= 0.6 is 11.3 Å². The van der Waals surface area contributed by atoms with Gasteiger partial charge in [0.05, 0.1) is 10.9 Å². The van der Waals surface area contributed by atoms with E-state index in [2.05, 4.69) is 32.8 Å². The van der Waals surface area contributed by atoms with Crippen molar-refractivity contribution < 1.29 is 4.79 Å². The predicted molar refractivity (Wildman–Crippen MR) is 113 cm³/mol. The van der Waals surface area contributed by atoms with Crippen molar-refractivity contribution in [3.8, 4) is 0 Å². The number of nitrogens with zero attached hydrogens (tertiary/aromatic N) is 4. The highest BCUT2D eigenvalue weighted by molar-refractivity contribution is 7.18. The van der Waals surface area contributed by atoms with Crippen LogP contribution in [0.3, 0.4) is 0 Å². The third kappa shape index (κ3) is 2.82. The number of H-pyrrole nitrogens is 1. The second-order valence-electron chi connectivity index (χ2n) is 7.01. The molecule has 6 nitrogen and oxygen atoms in total. The molecule has 142 valence electrons. The molecule has 1 fully saturated rings. The van der Waals surface area contributed by atoms with Gasteiger partial charge in [0, 0.05) is 48.2 Å². The molecule has 7 heteroatoms. The van der Waals surface area contributed by atoms with E-state index >= 15 is 0 Å². The first-order valence-corrected chi connectivity index (χ1v) is 10.4. The largest absolute Gasteiger partial charge is 0.360 e. The monoisotopic (exact) mass is 391 g/mol. The highest BCUT2D eigenvalue weighted by Crippen LogP contribution is 2.31. The number of amides is 1. The molecule has 0 atom stereocenters. The maximum Gasteiger partial charge on any atom is 0.256 e. The molecular formula is C21H21N5OS. The van der Waals surface area contributed by atoms with Crippen LogP contribution < -0.4 is 4.90 Å². The van der Waals surface area contributed by atoms with Gasteiger partial charge in [0.2, 0.25) is 0 Å². The van der Waals surface area contributed by atoms with Gasteiger partial charge < -0.3 is 14.8 Å². The van der Waals surface area contributed by atoms with Crippen molar-refractivity contribution in [2.75, 3.05) is 31.1 Å². The lowest BCUT2D eigenvalue weighted by atomic mass is 10.1. The van der Waals surface area contributed by atoms with Crippen molar-refractivity contribution in [3.63, 3.8) is 0 Å². The summed E-state index contributed by atoms with van der Waals surface area (Å²) in [4.78, 5) is 31.8. The Morgan fingerprint density at radius 2 is 1.96 bits per heavy atom. The van der Waals surface area contributed by atoms with E-state index in [1.54, 1.807) is 17.7 Å². The topological polar surface area (TPSA) is 65.1 Å². The van der Waals surface area contributed by atoms with Crippen molar-refractivity contribution in [1.29, 1.82) is 0 Å². The summed E-state index contributed by atoms with van der Waals surface area (Å²) in [5.74, 6) is 1.08. The average Bonchev–Trinajstić information content (AvgIpc) is 3.37. The summed E-state index contributed by atoms with van der Waals surface area (Å²) in [5, 5.41) is 2.11. The summed E-state index contributed by atoms with van der Waals surface area (Å²) in [6.45, 7) is 5.09. The minimum Gasteiger partial charge on any atom is -0.360 e. The number of carbonyl (C=O) groups excluding carboxylic acids is 1. The standard InChI is InChI=1S/C21H21N5OS/c1-2-14-11-16-19(23-13-24-20(16)28-14)25-7-9-26(10-8-25)21(27)17-12-22-18-6-4-3-5-15(17)18/h3-6,11-13,22H,2,7-10H2,1H3. The van der Waals surface area contributed by atoms with Crippen LogP contribution in [-0.2, 0) is 6.42 Å². The zero-order valence-corrected chi connectivity index (χ0v) is 16.5. The van der Waals surface area contributed by atoms with Crippen LogP contribution in [0.5, 0.6) is 0 Å². The first-order valence-electron chi connectivity index (χ1n) is 9.58. The van der Waals surface area contributed by atoms with Gasteiger partial charge in [-0.1, -0.05) is 25.1 Å². The van der Waals surface area contributed by atoms with Crippen molar-refractivity contribution in [1.82, 2.24) is 19.9 Å². The lowest BCUT2D eigenvalue weighted by molar-refractivity contribution is 0.0748. The fourth-order valence-corrected chi connectivity index (χ4v) is 4.79. The van der Waals surface area contributed by atoms with E-state index in [0.717, 1.165) is 52.0 Å². The summed E-state index contributed by atoms with van der Waals surface area (Å²) < 4.78 is 0. The van der Waals surface area contributed by atoms with Crippen molar-refractivity contribution in [2.24, 2.45) is 0 Å². The number of hydrogen-bond donors (Lipinski definition) is 1. The van der Waals surface area contributed by atoms with E-state index in [9.17, 15) is 4.79 Å². The van der Waals surface area contributed by atoms with E-state index in [1.165, 1.54) is 4.88 Å². The smallest absolute Gasteiger partial charge is 0.256 e. The Kier molecular flexibility index (Phi) is 4.24. The second kappa shape index (κ2) is 6.91. The number of aromatic nitrogens is 3. The molecule has 0 spiro atoms. The molecule has 1 aliphatic heterocycles. The molecule has 0 saturated carbocycles. The van der Waals surface area contributed by atoms with Crippen molar-refractivity contribution in [3.05, 3.63) is 53.3 Å². The highest BCUT2D eigenvalue weighted by atomic mass is 32.1. The van der Waals surface area contributed by atoms with Crippen LogP contribution in [-0.4, -0.2) is 51.9 Å². The molecule has 5 rings (SSSR count). The molecule has 1 N–H and O–H groups in total. The molecule has 1 aliphatic rings. The average molecular weight is 392 g/mol. The van der Waals surface area contributed by atoms with Gasteiger partial charge in [-0.05, 0) is 18.6 Å². The number of carbonyl (C=O) groups is 1. The highest BCUT2D eigenvalue weighted by Gasteiger charge is 2.25. The Labute approximate surface area is 166 Å². The summed E-state index contributed by atoms with van der Waals surface area (Å²) in [7, 11) is 0. The quantitative estimate of drug-likeness (QED) is 0.578. The second-order valence-corrected chi connectivity index (χ2v) is 8.12. The van der Waals surface area contributed by atoms with Gasteiger partial charge in [-0.15, -0.1) is 11.3 Å². The normalized spacial score (nSPS) is 14.9. The third-order valence-electron chi connectivity index (χ3n) is 5.39. The van der Waals surface area contributed by atoms with E-state index < -0.39 is 0 Å². The number of aryl methyl sites for hydroxylation is 1. The van der Waals surface area contributed by atoms with Crippen molar-refractivity contribution >= 4 is 44.2 Å². The molecule has 0 bridgehead atoms. The van der Waals surface area contributed by atoms with E-state index in [-0.39, 0.29) is 5.91 Å². The predicted octanol–water partition coefficient (Wildman–Crippen LogP) is 3.70. The molecule has 1 saturated heterocycles. The van der Waals surface area contributed by atoms with Crippen molar-refractivity contribution in [2.45, 2.75) is 13.3 Å². The van der Waals surface area contributed by atoms with Crippen LogP contribution in [0.1, 0.15) is 22.2 Å². The summed E-state index contributed by atoms with van der Waals surface area (Å²) in [6.07, 6.45) is 4.48. The van der Waals surface area contributed by atoms with Gasteiger partial charge in [-0.25, -0.2) is 9.97 Å². The number of piperazine rings is 1. The lowest BCUT2D eigenvalue weighted by Gasteiger charge is -2.35. The van der Waals surface area contributed by atoms with Gasteiger partial charge in [0.1, 0.15) is 17.0 Å². The molecule has 4 heterocycles. The summed E-state index contributed by atoms with van der Waals surface area (Å²) in [6, 6.07) is 10.1. The Morgan fingerprint density at radius 1 is 1.14 bits per heavy atom. The first-order chi connectivity index (χ1) is 13.7. The SMILES string of the molecule is CCc1cc2c(N3CCN(C(=O)c4c[nH]c5ccccc45)CC3)ncnc2s1. The van der Waals surface area contributed by atoms with Gasteiger partial charge in [0.25, 0.3) is 5.91 Å². The number of rotatable bonds is 3. The molecule has 0 radical (unpaired) electrons. The zero-order valence-electron chi connectivity index (χ0n) is 15.7. The van der Waals surface area contributed by atoms with E-state index in [4.69, 9.17) is 0 Å². The maximum absolute atomic E-state index is 13.0. The molecule has 1 amide bonds. The number of fused-ring (bicyclic) bond motifs is 2. The Bertz CT molecular complexity index is 1160. The van der Waals surface area contributed by atoms with Gasteiger partial charge in [-0.3, -0.25) is 4.79 Å². The number of aromatic amines is 1. The zero-order chi connectivity index (χ0) is 19.1. The maximum atomic E-state index is 13.0. The third-order valence-corrected chi connectivity index (χ3v) is 6.58. The molecule has 4 aromatic rings.